The molecule has 0 atom stereocenters. The molecule has 0 aliphatic rings. The van der Waals surface area contributed by atoms with Crippen LogP contribution in [-0.4, -0.2) is 11.1 Å². The van der Waals surface area contributed by atoms with Crippen LogP contribution in [0.25, 0.3) is 0 Å². The molecule has 0 saturated carbocycles. The average Bonchev–Trinajstić information content (AvgIpc) is 2.94. The lowest BCUT2D eigenvalue weighted by Crippen LogP contribution is -2.15. The summed E-state index contributed by atoms with van der Waals surface area (Å²) in [6.07, 6.45) is 1.40. The van der Waals surface area contributed by atoms with Crippen molar-refractivity contribution in [3.8, 4) is 0 Å². The zero-order valence-electron chi connectivity index (χ0n) is 12.5. The normalized spacial score (nSPS) is 10.6. The molecule has 0 saturated heterocycles. The molecule has 7 heteroatoms. The second-order valence-corrected chi connectivity index (χ2v) is 6.52. The molecule has 3 rings (SSSR count). The van der Waals surface area contributed by atoms with Gasteiger partial charge >= 0.3 is 0 Å². The Labute approximate surface area is 147 Å². The highest BCUT2D eigenvalue weighted by atomic mass is 35.5. The summed E-state index contributed by atoms with van der Waals surface area (Å²) in [5.74, 6) is -0.917. The van der Waals surface area contributed by atoms with E-state index >= 15 is 0 Å². The van der Waals surface area contributed by atoms with Crippen LogP contribution in [0.4, 0.5) is 10.2 Å². The predicted octanol–water partition coefficient (Wildman–Crippen LogP) is 5.18. The average molecular weight is 363 g/mol. The van der Waals surface area contributed by atoms with E-state index in [2.05, 4.69) is 10.5 Å². The van der Waals surface area contributed by atoms with Gasteiger partial charge in [0.25, 0.3) is 5.91 Å². The molecule has 0 aliphatic heterocycles. The Morgan fingerprint density at radius 3 is 2.67 bits per heavy atom. The lowest BCUT2D eigenvalue weighted by molar-refractivity contribution is 0.101. The first-order chi connectivity index (χ1) is 11.5. The van der Waals surface area contributed by atoms with E-state index in [4.69, 9.17) is 16.1 Å². The number of aryl methyl sites for hydroxylation is 1. The molecule has 2 aromatic carbocycles. The van der Waals surface area contributed by atoms with Crippen LogP contribution in [0.1, 0.15) is 15.9 Å². The molecule has 0 aliphatic carbocycles. The van der Waals surface area contributed by atoms with Crippen LogP contribution in [0.3, 0.4) is 0 Å². The fourth-order valence-electron chi connectivity index (χ4n) is 2.02. The van der Waals surface area contributed by atoms with Gasteiger partial charge in [-0.25, -0.2) is 4.39 Å². The Kier molecular flexibility index (Phi) is 4.87. The van der Waals surface area contributed by atoms with E-state index in [9.17, 15) is 9.18 Å². The molecule has 1 amide bonds. The molecule has 0 spiro atoms. The van der Waals surface area contributed by atoms with Gasteiger partial charge in [0.05, 0.1) is 5.56 Å². The van der Waals surface area contributed by atoms with Crippen molar-refractivity contribution in [3.63, 3.8) is 0 Å². The fourth-order valence-corrected chi connectivity index (χ4v) is 3.11. The predicted molar refractivity (Wildman–Crippen MR) is 91.2 cm³/mol. The first-order valence-corrected chi connectivity index (χ1v) is 8.18. The first kappa shape index (κ1) is 16.5. The number of rotatable bonds is 4. The van der Waals surface area contributed by atoms with E-state index in [1.807, 2.05) is 0 Å². The zero-order valence-corrected chi connectivity index (χ0v) is 14.1. The number of carbonyl (C=O) groups excluding carboxylic acids is 1. The van der Waals surface area contributed by atoms with Gasteiger partial charge in [-0.05, 0) is 43.3 Å². The van der Waals surface area contributed by atoms with Crippen LogP contribution in [0.2, 0.25) is 5.02 Å². The number of hydrogen-bond acceptors (Lipinski definition) is 4. The molecular weight excluding hydrogens is 351 g/mol. The van der Waals surface area contributed by atoms with Crippen molar-refractivity contribution >= 4 is 35.1 Å². The number of aromatic nitrogens is 1. The monoisotopic (exact) mass is 362 g/mol. The number of nitrogens with zero attached hydrogens (tertiary/aromatic N) is 1. The van der Waals surface area contributed by atoms with Crippen LogP contribution >= 0.6 is 23.4 Å². The van der Waals surface area contributed by atoms with Crippen molar-refractivity contribution in [1.29, 1.82) is 0 Å². The Balaban J connectivity index is 1.91. The van der Waals surface area contributed by atoms with E-state index in [0.29, 0.717) is 15.5 Å². The number of nitrogens with one attached hydrogen (secondary N) is 1. The SMILES string of the molecule is Cc1conc1NC(=O)c1c(F)cccc1Sc1ccc(Cl)cc1. The molecule has 4 nitrogen and oxygen atoms in total. The highest BCUT2D eigenvalue weighted by Crippen LogP contribution is 2.32. The largest absolute Gasteiger partial charge is 0.362 e. The first-order valence-electron chi connectivity index (χ1n) is 6.99. The Morgan fingerprint density at radius 2 is 2.00 bits per heavy atom. The quantitative estimate of drug-likeness (QED) is 0.694. The van der Waals surface area contributed by atoms with Gasteiger partial charge in [0, 0.05) is 20.4 Å². The van der Waals surface area contributed by atoms with Crippen molar-refractivity contribution in [2.24, 2.45) is 0 Å². The standard InChI is InChI=1S/C17H12ClFN2O2S/c1-10-9-23-21-16(10)20-17(22)15-13(19)3-2-4-14(15)24-12-7-5-11(18)6-8-12/h2-9H,1H3,(H,20,21,22). The van der Waals surface area contributed by atoms with Crippen molar-refractivity contribution in [2.45, 2.75) is 16.7 Å². The van der Waals surface area contributed by atoms with Gasteiger partial charge in [-0.2, -0.15) is 0 Å². The summed E-state index contributed by atoms with van der Waals surface area (Å²) in [4.78, 5) is 13.8. The molecule has 0 fully saturated rings. The lowest BCUT2D eigenvalue weighted by Gasteiger charge is -2.10. The number of benzene rings is 2. The molecule has 0 radical (unpaired) electrons. The minimum atomic E-state index is -0.604. The highest BCUT2D eigenvalue weighted by Gasteiger charge is 2.19. The second-order valence-electron chi connectivity index (χ2n) is 4.97. The summed E-state index contributed by atoms with van der Waals surface area (Å²) >= 11 is 7.15. The molecule has 24 heavy (non-hydrogen) atoms. The lowest BCUT2D eigenvalue weighted by atomic mass is 10.2. The molecule has 122 valence electrons. The van der Waals surface area contributed by atoms with Gasteiger partial charge in [-0.1, -0.05) is 34.6 Å². The molecule has 0 bridgehead atoms. The summed E-state index contributed by atoms with van der Waals surface area (Å²) < 4.78 is 19.0. The fraction of sp³-hybridized carbons (Fsp3) is 0.0588. The van der Waals surface area contributed by atoms with Gasteiger partial charge in [-0.3, -0.25) is 4.79 Å². The van der Waals surface area contributed by atoms with Crippen molar-refractivity contribution < 1.29 is 13.7 Å². The van der Waals surface area contributed by atoms with Gasteiger partial charge in [0.2, 0.25) is 0 Å². The summed E-state index contributed by atoms with van der Waals surface area (Å²) in [5, 5.41) is 6.86. The summed E-state index contributed by atoms with van der Waals surface area (Å²) in [6, 6.07) is 11.6. The molecule has 3 aromatic rings. The molecular formula is C17H12ClFN2O2S. The molecule has 1 heterocycles. The van der Waals surface area contributed by atoms with Crippen molar-refractivity contribution in [2.75, 3.05) is 5.32 Å². The van der Waals surface area contributed by atoms with Gasteiger partial charge in [0.1, 0.15) is 12.1 Å². The maximum atomic E-state index is 14.3. The Hall–Kier alpha value is -2.31. The number of halogens is 2. The molecule has 0 unspecified atom stereocenters. The summed E-state index contributed by atoms with van der Waals surface area (Å²) in [6.45, 7) is 1.73. The number of amides is 1. The highest BCUT2D eigenvalue weighted by molar-refractivity contribution is 7.99. The Morgan fingerprint density at radius 1 is 1.25 bits per heavy atom. The third-order valence-corrected chi connectivity index (χ3v) is 4.54. The van der Waals surface area contributed by atoms with Crippen LogP contribution in [-0.2, 0) is 0 Å². The minimum absolute atomic E-state index is 0.0418. The van der Waals surface area contributed by atoms with E-state index < -0.39 is 11.7 Å². The van der Waals surface area contributed by atoms with Crippen LogP contribution in [0.15, 0.2) is 63.0 Å². The maximum absolute atomic E-state index is 14.3. The summed E-state index contributed by atoms with van der Waals surface area (Å²) in [7, 11) is 0. The van der Waals surface area contributed by atoms with E-state index in [1.54, 1.807) is 43.3 Å². The smallest absolute Gasteiger partial charge is 0.261 e. The van der Waals surface area contributed by atoms with Crippen molar-refractivity contribution in [1.82, 2.24) is 5.16 Å². The number of hydrogen-bond donors (Lipinski definition) is 1. The zero-order chi connectivity index (χ0) is 17.1. The third kappa shape index (κ3) is 3.60. The van der Waals surface area contributed by atoms with E-state index in [1.165, 1.54) is 24.1 Å². The number of anilines is 1. The van der Waals surface area contributed by atoms with Gasteiger partial charge in [-0.15, -0.1) is 0 Å². The minimum Gasteiger partial charge on any atom is -0.362 e. The topological polar surface area (TPSA) is 55.1 Å². The van der Waals surface area contributed by atoms with Crippen LogP contribution in [0, 0.1) is 12.7 Å². The van der Waals surface area contributed by atoms with Gasteiger partial charge < -0.3 is 9.84 Å². The molecule has 1 N–H and O–H groups in total. The van der Waals surface area contributed by atoms with Crippen LogP contribution in [0.5, 0.6) is 0 Å². The Bertz CT molecular complexity index is 881. The van der Waals surface area contributed by atoms with Crippen LogP contribution < -0.4 is 5.32 Å². The third-order valence-electron chi connectivity index (χ3n) is 3.22. The van der Waals surface area contributed by atoms with Gasteiger partial charge in [0.15, 0.2) is 5.82 Å². The second kappa shape index (κ2) is 7.07. The van der Waals surface area contributed by atoms with Crippen molar-refractivity contribution in [3.05, 3.63) is 70.7 Å². The maximum Gasteiger partial charge on any atom is 0.261 e. The molecule has 1 aromatic heterocycles. The summed E-state index contributed by atoms with van der Waals surface area (Å²) in [5.41, 5.74) is 0.617. The number of carbonyl (C=O) groups is 1. The van der Waals surface area contributed by atoms with E-state index in [-0.39, 0.29) is 11.4 Å². The van der Waals surface area contributed by atoms with E-state index in [0.717, 1.165) is 4.90 Å².